The summed E-state index contributed by atoms with van der Waals surface area (Å²) in [5.74, 6) is -7.40. The first-order valence-corrected chi connectivity index (χ1v) is 22.8. The molecule has 0 radical (unpaired) electrons. The minimum atomic E-state index is -1.37. The highest BCUT2D eigenvalue weighted by Crippen LogP contribution is 2.39. The first-order valence-electron chi connectivity index (χ1n) is 22.8. The number of phenolic OH excluding ortho intramolecular Hbond substituents is 2. The molecule has 16 nitrogen and oxygen atoms in total. The summed E-state index contributed by atoms with van der Waals surface area (Å²) in [5, 5.41) is 39.1. The fourth-order valence-corrected chi connectivity index (χ4v) is 7.89. The highest BCUT2D eigenvalue weighted by molar-refractivity contribution is 5.97. The van der Waals surface area contributed by atoms with Crippen LogP contribution in [0.4, 0.5) is 0 Å². The molecular weight excluding hydrogens is 823 g/mol. The molecule has 2 aromatic rings. The number of rotatable bonds is 25. The Bertz CT molecular complexity index is 1950. The Labute approximate surface area is 376 Å². The Hall–Kier alpha value is -5.80. The topological polar surface area (TPSA) is 263 Å². The number of unbranched alkanes of at least 4 members (excludes halogenated alkanes) is 12. The van der Waals surface area contributed by atoms with Gasteiger partial charge in [-0.2, -0.15) is 0 Å². The van der Waals surface area contributed by atoms with E-state index in [0.29, 0.717) is 12.0 Å². The summed E-state index contributed by atoms with van der Waals surface area (Å²) in [5.41, 5.74) is 6.25. The quantitative estimate of drug-likeness (QED) is 0.0597. The number of carbonyl (C=O) groups excluding carboxylic acids is 7. The lowest BCUT2D eigenvalue weighted by Gasteiger charge is -2.29. The molecule has 5 atom stereocenters. The first-order chi connectivity index (χ1) is 30.4. The molecule has 0 aliphatic carbocycles. The van der Waals surface area contributed by atoms with Crippen molar-refractivity contribution in [2.45, 2.75) is 167 Å². The lowest BCUT2D eigenvalue weighted by atomic mass is 9.89. The minimum Gasteiger partial charge on any atom is -0.507 e. The standard InChI is InChI=1S/C48H69N5O11/c1-5-6-7-8-9-10-11-12-13-14-15-16-17-18-43(59)51-36(29-42(49)58)47(62)50-31(3)38(54)23-24-44(60)53(4)45-33-20-22-40(56)35(28-33)34-26-32(19-21-39(34)55)27-37(48(63)64)52-46(61)30(2)25-41(45)57/h19-22,26,28,30-31,36-37,45,55-56H,5-18,23-25,27,29H2,1-4H3,(H2,49,58)(H,50,62)(H,51,59)(H,52,61)(H,63,64)/t30-,31-,36-,37+,45+/m1/s1. The van der Waals surface area contributed by atoms with E-state index in [1.54, 1.807) is 0 Å². The Kier molecular flexibility index (Phi) is 22.0. The largest absolute Gasteiger partial charge is 0.507 e. The van der Waals surface area contributed by atoms with Gasteiger partial charge in [-0.1, -0.05) is 103 Å². The summed E-state index contributed by atoms with van der Waals surface area (Å²) in [6.45, 7) is 5.07. The van der Waals surface area contributed by atoms with Crippen molar-refractivity contribution in [2.75, 3.05) is 7.05 Å². The zero-order valence-corrected chi connectivity index (χ0v) is 37.9. The van der Waals surface area contributed by atoms with Gasteiger partial charge < -0.3 is 41.9 Å². The van der Waals surface area contributed by atoms with Crippen LogP contribution in [0.15, 0.2) is 36.4 Å². The van der Waals surface area contributed by atoms with Crippen LogP contribution < -0.4 is 21.7 Å². The maximum atomic E-state index is 14.0. The van der Waals surface area contributed by atoms with Crippen LogP contribution in [0.5, 0.6) is 11.5 Å². The highest BCUT2D eigenvalue weighted by atomic mass is 16.4. The number of carbonyl (C=O) groups is 8. The fraction of sp³-hybridized carbons (Fsp3) is 0.583. The SMILES string of the molecule is CCCCCCCCCCCCCCCC(=O)N[C@H](CC(N)=O)C(=O)N[C@H](C)C(=O)CCC(=O)N(C)[C@@H]1C(=O)C[C@@H](C)C(=O)N[C@H](C(=O)O)Cc2ccc(O)c(c2)-c2cc1ccc2O. The van der Waals surface area contributed by atoms with Gasteiger partial charge in [0.15, 0.2) is 11.6 Å². The molecule has 0 saturated carbocycles. The number of nitrogens with one attached hydrogen (secondary N) is 3. The molecule has 1 aliphatic rings. The Balaban J connectivity index is 1.61. The zero-order chi connectivity index (χ0) is 47.3. The molecule has 1 heterocycles. The monoisotopic (exact) mass is 891 g/mol. The van der Waals surface area contributed by atoms with Crippen molar-refractivity contribution >= 4 is 47.1 Å². The van der Waals surface area contributed by atoms with E-state index in [1.165, 1.54) is 109 Å². The van der Waals surface area contributed by atoms with Crippen LogP contribution in [0, 0.1) is 5.92 Å². The van der Waals surface area contributed by atoms with Gasteiger partial charge in [0.05, 0.1) is 12.5 Å². The van der Waals surface area contributed by atoms with E-state index in [-0.39, 0.29) is 47.5 Å². The van der Waals surface area contributed by atoms with Crippen LogP contribution >= 0.6 is 0 Å². The second kappa shape index (κ2) is 26.7. The van der Waals surface area contributed by atoms with Gasteiger partial charge in [-0.3, -0.25) is 33.6 Å². The summed E-state index contributed by atoms with van der Waals surface area (Å²) in [7, 11) is 1.34. The molecule has 4 bridgehead atoms. The van der Waals surface area contributed by atoms with E-state index >= 15 is 0 Å². The maximum absolute atomic E-state index is 14.0. The molecule has 8 N–H and O–H groups in total. The van der Waals surface area contributed by atoms with Crippen molar-refractivity contribution in [2.24, 2.45) is 11.7 Å². The lowest BCUT2D eigenvalue weighted by Crippen LogP contribution is -2.52. The summed E-state index contributed by atoms with van der Waals surface area (Å²) >= 11 is 0. The summed E-state index contributed by atoms with van der Waals surface area (Å²) < 4.78 is 0. The number of primary amides is 1. The number of fused-ring (bicyclic) bond motifs is 5. The molecule has 3 rings (SSSR count). The molecule has 16 heteroatoms. The fourth-order valence-electron chi connectivity index (χ4n) is 7.89. The van der Waals surface area contributed by atoms with E-state index in [2.05, 4.69) is 22.9 Å². The number of amides is 5. The molecule has 0 spiro atoms. The van der Waals surface area contributed by atoms with Gasteiger partial charge in [0.25, 0.3) is 0 Å². The van der Waals surface area contributed by atoms with Crippen LogP contribution in [0.3, 0.4) is 0 Å². The van der Waals surface area contributed by atoms with Gasteiger partial charge >= 0.3 is 5.97 Å². The van der Waals surface area contributed by atoms with Crippen LogP contribution in [0.25, 0.3) is 11.1 Å². The van der Waals surface area contributed by atoms with Crippen molar-refractivity contribution < 1.29 is 53.7 Å². The van der Waals surface area contributed by atoms with E-state index in [9.17, 15) is 53.7 Å². The van der Waals surface area contributed by atoms with Gasteiger partial charge in [0.2, 0.25) is 29.5 Å². The summed E-state index contributed by atoms with van der Waals surface area (Å²) in [6.07, 6.45) is 13.3. The normalized spacial score (nSPS) is 17.3. The second-order valence-electron chi connectivity index (χ2n) is 17.2. The number of hydrogen-bond acceptors (Lipinski definition) is 10. The van der Waals surface area contributed by atoms with Gasteiger partial charge in [-0.05, 0) is 48.7 Å². The molecular formula is C48H69N5O11. The van der Waals surface area contributed by atoms with Crippen molar-refractivity contribution in [3.8, 4) is 22.6 Å². The van der Waals surface area contributed by atoms with Crippen molar-refractivity contribution in [3.05, 3.63) is 47.5 Å². The number of likely N-dealkylation sites (N-methyl/N-ethyl adjacent to an activating group) is 1. The van der Waals surface area contributed by atoms with Crippen LogP contribution in [-0.4, -0.2) is 92.5 Å². The van der Waals surface area contributed by atoms with Crippen molar-refractivity contribution in [3.63, 3.8) is 0 Å². The Morgan fingerprint density at radius 3 is 1.92 bits per heavy atom. The number of hydrogen-bond donors (Lipinski definition) is 7. The van der Waals surface area contributed by atoms with Crippen molar-refractivity contribution in [1.29, 1.82) is 0 Å². The molecule has 64 heavy (non-hydrogen) atoms. The molecule has 1 aliphatic heterocycles. The molecule has 2 aromatic carbocycles. The number of carboxylic acids is 1. The van der Waals surface area contributed by atoms with Crippen LogP contribution in [0.2, 0.25) is 0 Å². The van der Waals surface area contributed by atoms with Crippen molar-refractivity contribution in [1.82, 2.24) is 20.9 Å². The van der Waals surface area contributed by atoms with Crippen LogP contribution in [-0.2, 0) is 44.8 Å². The van der Waals surface area contributed by atoms with Crippen LogP contribution in [0.1, 0.15) is 154 Å². The van der Waals surface area contributed by atoms with E-state index in [0.717, 1.165) is 30.6 Å². The van der Waals surface area contributed by atoms with E-state index in [4.69, 9.17) is 5.73 Å². The van der Waals surface area contributed by atoms with E-state index < -0.39 is 96.4 Å². The summed E-state index contributed by atoms with van der Waals surface area (Å²) in [4.78, 5) is 105. The third-order valence-electron chi connectivity index (χ3n) is 11.8. The number of aromatic hydroxyl groups is 2. The number of benzene rings is 2. The first kappa shape index (κ1) is 52.5. The number of nitrogens with two attached hydrogens (primary N) is 1. The predicted molar refractivity (Wildman–Crippen MR) is 241 cm³/mol. The molecule has 0 fully saturated rings. The third-order valence-corrected chi connectivity index (χ3v) is 11.8. The molecule has 0 saturated heterocycles. The van der Waals surface area contributed by atoms with E-state index in [1.807, 2.05) is 0 Å². The Morgan fingerprint density at radius 2 is 1.34 bits per heavy atom. The number of aliphatic carboxylic acids is 1. The third kappa shape index (κ3) is 17.1. The number of Topliss-reactive ketones (excluding diaryl/α,β-unsaturated/α-hetero) is 2. The molecule has 5 amide bonds. The number of nitrogens with zero attached hydrogens (tertiary/aromatic N) is 1. The zero-order valence-electron chi connectivity index (χ0n) is 37.9. The number of phenols is 2. The average molecular weight is 892 g/mol. The van der Waals surface area contributed by atoms with Gasteiger partial charge in [-0.15, -0.1) is 0 Å². The van der Waals surface area contributed by atoms with Gasteiger partial charge in [-0.25, -0.2) is 4.79 Å². The highest BCUT2D eigenvalue weighted by Gasteiger charge is 2.34. The molecule has 0 aromatic heterocycles. The average Bonchev–Trinajstić information content (AvgIpc) is 3.24. The smallest absolute Gasteiger partial charge is 0.326 e. The van der Waals surface area contributed by atoms with Gasteiger partial charge in [0, 0.05) is 56.2 Å². The number of carboxylic acid groups (broad SMARTS) is 1. The lowest BCUT2D eigenvalue weighted by molar-refractivity contribution is -0.143. The molecule has 0 unspecified atom stereocenters. The predicted octanol–water partition coefficient (Wildman–Crippen LogP) is 5.68. The summed E-state index contributed by atoms with van der Waals surface area (Å²) in [6, 6.07) is 3.26. The minimum absolute atomic E-state index is 0.0988. The Morgan fingerprint density at radius 1 is 0.781 bits per heavy atom. The molecule has 352 valence electrons. The maximum Gasteiger partial charge on any atom is 0.326 e. The van der Waals surface area contributed by atoms with Gasteiger partial charge in [0.1, 0.15) is 29.6 Å². The number of ketones is 2. The second-order valence-corrected chi connectivity index (χ2v) is 17.2.